The second-order valence-electron chi connectivity index (χ2n) is 5.80. The Morgan fingerprint density at radius 1 is 1.43 bits per heavy atom. The summed E-state index contributed by atoms with van der Waals surface area (Å²) in [7, 11) is 0. The fourth-order valence-electron chi connectivity index (χ4n) is 2.68. The van der Waals surface area contributed by atoms with Gasteiger partial charge in [0.05, 0.1) is 16.7 Å². The van der Waals surface area contributed by atoms with E-state index in [2.05, 4.69) is 15.0 Å². The molecule has 0 radical (unpaired) electrons. The Hall–Kier alpha value is -1.53. The minimum Gasteiger partial charge on any atom is -0.293 e. The molecular weight excluding hydrogens is 284 g/mol. The maximum atomic E-state index is 12.1. The molecule has 2 aromatic rings. The molecule has 0 bridgehead atoms. The van der Waals surface area contributed by atoms with Crippen molar-refractivity contribution in [1.82, 2.24) is 19.7 Å². The highest BCUT2D eigenvalue weighted by Gasteiger charge is 2.20. The Bertz CT molecular complexity index is 704. The molecule has 0 aromatic carbocycles. The van der Waals surface area contributed by atoms with Gasteiger partial charge >= 0.3 is 0 Å². The van der Waals surface area contributed by atoms with Crippen LogP contribution >= 0.6 is 11.3 Å². The summed E-state index contributed by atoms with van der Waals surface area (Å²) in [5.41, 5.74) is 2.14. The minimum atomic E-state index is -0.000709. The van der Waals surface area contributed by atoms with Crippen LogP contribution in [0, 0.1) is 6.92 Å². The fourth-order valence-corrected chi connectivity index (χ4v) is 3.51. The first-order valence-electron chi connectivity index (χ1n) is 7.28. The Morgan fingerprint density at radius 2 is 2.24 bits per heavy atom. The van der Waals surface area contributed by atoms with Crippen LogP contribution in [-0.2, 0) is 19.5 Å². The van der Waals surface area contributed by atoms with Crippen molar-refractivity contribution in [2.45, 2.75) is 46.3 Å². The molecule has 5 nitrogen and oxygen atoms in total. The molecule has 2 aromatic heterocycles. The molecular formula is C15H20N4OS. The van der Waals surface area contributed by atoms with Crippen LogP contribution in [-0.4, -0.2) is 26.2 Å². The second-order valence-corrected chi connectivity index (χ2v) is 7.12. The topological polar surface area (TPSA) is 51.0 Å². The third-order valence-corrected chi connectivity index (χ3v) is 4.62. The maximum Gasteiger partial charge on any atom is 0.267 e. The van der Waals surface area contributed by atoms with Gasteiger partial charge in [-0.3, -0.25) is 9.69 Å². The van der Waals surface area contributed by atoms with Crippen molar-refractivity contribution in [3.8, 4) is 0 Å². The van der Waals surface area contributed by atoms with Gasteiger partial charge in [-0.05, 0) is 26.3 Å². The first-order valence-corrected chi connectivity index (χ1v) is 8.10. The monoisotopic (exact) mass is 304 g/mol. The molecule has 112 valence electrons. The Kier molecular flexibility index (Phi) is 3.91. The van der Waals surface area contributed by atoms with E-state index in [9.17, 15) is 4.79 Å². The summed E-state index contributed by atoms with van der Waals surface area (Å²) in [6, 6.07) is 1.87. The third-order valence-electron chi connectivity index (χ3n) is 3.72. The summed E-state index contributed by atoms with van der Waals surface area (Å²) in [6.45, 7) is 8.68. The van der Waals surface area contributed by atoms with Gasteiger partial charge in [0, 0.05) is 43.2 Å². The van der Waals surface area contributed by atoms with Crippen LogP contribution < -0.4 is 5.56 Å². The number of thiazole rings is 1. The molecule has 0 aliphatic carbocycles. The van der Waals surface area contributed by atoms with E-state index in [-0.39, 0.29) is 11.6 Å². The number of aromatic nitrogens is 3. The molecule has 6 heteroatoms. The Labute approximate surface area is 128 Å². The second kappa shape index (κ2) is 5.69. The summed E-state index contributed by atoms with van der Waals surface area (Å²) in [6.07, 6.45) is 2.85. The molecule has 0 atom stereocenters. The van der Waals surface area contributed by atoms with Gasteiger partial charge in [-0.2, -0.15) is 5.10 Å². The van der Waals surface area contributed by atoms with E-state index in [4.69, 9.17) is 0 Å². The largest absolute Gasteiger partial charge is 0.293 e. The molecule has 0 spiro atoms. The standard InChI is InChI=1S/C15H20N4OS/c1-10(2)19-15(20)6-12-8-18(5-4-14(12)17-19)9-13-7-16-11(3)21-13/h6-7,10H,4-5,8-9H2,1-3H3. The number of fused-ring (bicyclic) bond motifs is 1. The van der Waals surface area contributed by atoms with Gasteiger partial charge in [0.25, 0.3) is 5.56 Å². The molecule has 0 N–H and O–H groups in total. The molecule has 0 amide bonds. The highest BCUT2D eigenvalue weighted by Crippen LogP contribution is 2.20. The molecule has 0 saturated heterocycles. The van der Waals surface area contributed by atoms with Crippen molar-refractivity contribution in [3.05, 3.63) is 43.8 Å². The number of aryl methyl sites for hydroxylation is 1. The van der Waals surface area contributed by atoms with Crippen LogP contribution in [0.5, 0.6) is 0 Å². The number of nitrogens with zero attached hydrogens (tertiary/aromatic N) is 4. The quantitative estimate of drug-likeness (QED) is 0.872. The lowest BCUT2D eigenvalue weighted by atomic mass is 10.1. The van der Waals surface area contributed by atoms with Crippen molar-refractivity contribution in [3.63, 3.8) is 0 Å². The lowest BCUT2D eigenvalue weighted by Gasteiger charge is -2.28. The van der Waals surface area contributed by atoms with Crippen molar-refractivity contribution >= 4 is 11.3 Å². The van der Waals surface area contributed by atoms with Gasteiger partial charge in [-0.1, -0.05) is 0 Å². The average molecular weight is 304 g/mol. The molecule has 1 aliphatic rings. The van der Waals surface area contributed by atoms with Crippen LogP contribution in [0.2, 0.25) is 0 Å². The summed E-state index contributed by atoms with van der Waals surface area (Å²) < 4.78 is 1.58. The van der Waals surface area contributed by atoms with Crippen molar-refractivity contribution in [2.75, 3.05) is 6.54 Å². The van der Waals surface area contributed by atoms with Gasteiger partial charge in [0.15, 0.2) is 0 Å². The molecule has 0 fully saturated rings. The molecule has 1 aliphatic heterocycles. The highest BCUT2D eigenvalue weighted by molar-refractivity contribution is 7.11. The van der Waals surface area contributed by atoms with Crippen LogP contribution in [0.4, 0.5) is 0 Å². The number of hydrogen-bond donors (Lipinski definition) is 0. The molecule has 3 heterocycles. The Morgan fingerprint density at radius 3 is 2.90 bits per heavy atom. The summed E-state index contributed by atoms with van der Waals surface area (Å²) in [5.74, 6) is 0. The zero-order valence-electron chi connectivity index (χ0n) is 12.7. The van der Waals surface area contributed by atoms with Gasteiger partial charge < -0.3 is 0 Å². The zero-order valence-corrected chi connectivity index (χ0v) is 13.5. The van der Waals surface area contributed by atoms with Crippen LogP contribution in [0.3, 0.4) is 0 Å². The summed E-state index contributed by atoms with van der Waals surface area (Å²) >= 11 is 1.74. The Balaban J connectivity index is 1.79. The van der Waals surface area contributed by atoms with Gasteiger partial charge in [-0.15, -0.1) is 11.3 Å². The van der Waals surface area contributed by atoms with Crippen LogP contribution in [0.1, 0.15) is 41.0 Å². The van der Waals surface area contributed by atoms with E-state index in [1.807, 2.05) is 27.0 Å². The SMILES string of the molecule is Cc1ncc(CN2CCc3nn(C(C)C)c(=O)cc3C2)s1. The van der Waals surface area contributed by atoms with Crippen LogP contribution in [0.15, 0.2) is 17.1 Å². The third kappa shape index (κ3) is 3.06. The molecule has 0 saturated carbocycles. The fraction of sp³-hybridized carbons (Fsp3) is 0.533. The van der Waals surface area contributed by atoms with Gasteiger partial charge in [0.2, 0.25) is 0 Å². The number of hydrogen-bond acceptors (Lipinski definition) is 5. The van der Waals surface area contributed by atoms with Crippen molar-refractivity contribution < 1.29 is 0 Å². The normalized spacial score (nSPS) is 15.4. The van der Waals surface area contributed by atoms with Crippen LogP contribution in [0.25, 0.3) is 0 Å². The van der Waals surface area contributed by atoms with E-state index < -0.39 is 0 Å². The lowest BCUT2D eigenvalue weighted by molar-refractivity contribution is 0.242. The first-order chi connectivity index (χ1) is 10.0. The smallest absolute Gasteiger partial charge is 0.267 e. The lowest BCUT2D eigenvalue weighted by Crippen LogP contribution is -2.35. The van der Waals surface area contributed by atoms with E-state index in [1.165, 1.54) is 4.88 Å². The average Bonchev–Trinajstić information content (AvgIpc) is 2.83. The summed E-state index contributed by atoms with van der Waals surface area (Å²) in [4.78, 5) is 20.0. The zero-order chi connectivity index (χ0) is 15.0. The van der Waals surface area contributed by atoms with E-state index >= 15 is 0 Å². The van der Waals surface area contributed by atoms with E-state index in [1.54, 1.807) is 22.1 Å². The molecule has 21 heavy (non-hydrogen) atoms. The molecule has 0 unspecified atom stereocenters. The molecule has 3 rings (SSSR count). The van der Waals surface area contributed by atoms with Crippen molar-refractivity contribution in [1.29, 1.82) is 0 Å². The van der Waals surface area contributed by atoms with E-state index in [0.717, 1.165) is 42.3 Å². The predicted octanol–water partition coefficient (Wildman–Crippen LogP) is 2.15. The van der Waals surface area contributed by atoms with Gasteiger partial charge in [0.1, 0.15) is 0 Å². The predicted molar refractivity (Wildman–Crippen MR) is 83.6 cm³/mol. The van der Waals surface area contributed by atoms with E-state index in [0.29, 0.717) is 0 Å². The van der Waals surface area contributed by atoms with Gasteiger partial charge in [-0.25, -0.2) is 9.67 Å². The highest BCUT2D eigenvalue weighted by atomic mass is 32.1. The first kappa shape index (κ1) is 14.4. The summed E-state index contributed by atoms with van der Waals surface area (Å²) in [5, 5.41) is 5.63. The number of rotatable bonds is 3. The minimum absolute atomic E-state index is 0.000709. The van der Waals surface area contributed by atoms with Crippen molar-refractivity contribution in [2.24, 2.45) is 0 Å². The maximum absolute atomic E-state index is 12.1.